The quantitative estimate of drug-likeness (QED) is 0.155. The molecular weight excluding hydrogens is 683 g/mol. The van der Waals surface area contributed by atoms with Crippen molar-refractivity contribution in [2.24, 2.45) is 0 Å². The van der Waals surface area contributed by atoms with Crippen LogP contribution in [0, 0.1) is 6.92 Å². The third-order valence-corrected chi connectivity index (χ3v) is 16.8. The summed E-state index contributed by atoms with van der Waals surface area (Å²) in [7, 11) is 0. The second kappa shape index (κ2) is 10.9. The highest BCUT2D eigenvalue weighted by Crippen LogP contribution is 2.62. The van der Waals surface area contributed by atoms with E-state index in [2.05, 4.69) is 160 Å². The van der Waals surface area contributed by atoms with Gasteiger partial charge >= 0.3 is 0 Å². The van der Waals surface area contributed by atoms with Crippen molar-refractivity contribution in [1.82, 2.24) is 0 Å². The topological polar surface area (TPSA) is 6.48 Å². The molecule has 3 aliphatic heterocycles. The van der Waals surface area contributed by atoms with Crippen molar-refractivity contribution >= 4 is 72.3 Å². The number of rotatable bonds is 1. The molecule has 10 rings (SSSR count). The van der Waals surface area contributed by atoms with Gasteiger partial charge in [0.2, 0.25) is 0 Å². The molecule has 5 aromatic rings. The van der Waals surface area contributed by atoms with Crippen molar-refractivity contribution in [1.29, 1.82) is 0 Å². The Morgan fingerprint density at radius 1 is 0.636 bits per heavy atom. The molecule has 1 saturated carbocycles. The third-order valence-electron chi connectivity index (χ3n) is 15.6. The maximum absolute atomic E-state index is 2.90. The maximum Gasteiger partial charge on any atom is 0.254 e. The van der Waals surface area contributed by atoms with Gasteiger partial charge in [-0.15, -0.1) is 11.3 Å². The van der Waals surface area contributed by atoms with Crippen LogP contribution in [0.25, 0.3) is 10.1 Å². The Labute approximate surface area is 335 Å². The minimum absolute atomic E-state index is 0.0102. The van der Waals surface area contributed by atoms with Gasteiger partial charge < -0.3 is 9.80 Å². The molecule has 4 aromatic carbocycles. The van der Waals surface area contributed by atoms with Gasteiger partial charge in [0.1, 0.15) is 0 Å². The van der Waals surface area contributed by atoms with Crippen molar-refractivity contribution in [2.45, 2.75) is 161 Å². The number of thiophene rings is 1. The maximum atomic E-state index is 2.90. The Bertz CT molecular complexity index is 2470. The smallest absolute Gasteiger partial charge is 0.254 e. The number of fused-ring (bicyclic) bond motifs is 10. The lowest BCUT2D eigenvalue weighted by molar-refractivity contribution is 0.195. The van der Waals surface area contributed by atoms with Crippen molar-refractivity contribution in [2.75, 3.05) is 9.80 Å². The number of hydrogen-bond donors (Lipinski definition) is 0. The van der Waals surface area contributed by atoms with Gasteiger partial charge in [-0.25, -0.2) is 0 Å². The first-order chi connectivity index (χ1) is 25.7. The summed E-state index contributed by atoms with van der Waals surface area (Å²) in [6.45, 7) is 31.9. The number of nitrogens with zero attached hydrogens (tertiary/aromatic N) is 2. The zero-order valence-corrected chi connectivity index (χ0v) is 36.7. The molecule has 2 unspecified atom stereocenters. The number of aryl methyl sites for hydroxylation is 1. The van der Waals surface area contributed by atoms with Gasteiger partial charge in [-0.2, -0.15) is 0 Å². The van der Waals surface area contributed by atoms with Gasteiger partial charge in [-0.05, 0) is 153 Å². The summed E-state index contributed by atoms with van der Waals surface area (Å²) in [5.74, 6) is 0. The van der Waals surface area contributed by atoms with Crippen LogP contribution in [0.3, 0.4) is 0 Å². The van der Waals surface area contributed by atoms with E-state index in [4.69, 9.17) is 0 Å². The van der Waals surface area contributed by atoms with Crippen LogP contribution in [-0.2, 0) is 27.1 Å². The Morgan fingerprint density at radius 3 is 1.91 bits per heavy atom. The zero-order chi connectivity index (χ0) is 39.0. The second-order valence-electron chi connectivity index (χ2n) is 22.1. The molecule has 0 N–H and O–H groups in total. The Kier molecular flexibility index (Phi) is 7.12. The minimum atomic E-state index is 0.0102. The SMILES string of the molecule is Cc1cc2c3c(c1)N1c4c(cc(C(C)(C)C)cc4C4(C)CCCCC14C)B3c1c(sc3cc4c(cc13)C(C)(C)CCC4(C)C)N2c1ccc(C(C)(C)C)cc1. The molecule has 5 aliphatic rings. The molecule has 0 spiro atoms. The van der Waals surface area contributed by atoms with Crippen molar-refractivity contribution in [3.63, 3.8) is 0 Å². The van der Waals surface area contributed by atoms with Gasteiger partial charge in [-0.3, -0.25) is 0 Å². The first kappa shape index (κ1) is 35.9. The molecule has 0 amide bonds. The largest absolute Gasteiger partial charge is 0.335 e. The average Bonchev–Trinajstić information content (AvgIpc) is 3.57. The lowest BCUT2D eigenvalue weighted by Gasteiger charge is -2.52. The van der Waals surface area contributed by atoms with Crippen LogP contribution < -0.4 is 26.2 Å². The fraction of sp³-hybridized carbons (Fsp3) is 0.490. The first-order valence-electron chi connectivity index (χ1n) is 21.3. The summed E-state index contributed by atoms with van der Waals surface area (Å²) in [4.78, 5) is 5.58. The van der Waals surface area contributed by atoms with Crippen molar-refractivity contribution in [3.8, 4) is 0 Å². The van der Waals surface area contributed by atoms with Crippen LogP contribution in [0.5, 0.6) is 0 Å². The molecule has 2 atom stereocenters. The summed E-state index contributed by atoms with van der Waals surface area (Å²) < 4.78 is 1.44. The predicted octanol–water partition coefficient (Wildman–Crippen LogP) is 12.5. The molecule has 1 fully saturated rings. The number of hydrogen-bond acceptors (Lipinski definition) is 3. The van der Waals surface area contributed by atoms with Crippen LogP contribution in [-0.4, -0.2) is 12.3 Å². The Balaban J connectivity index is 1.36. The summed E-state index contributed by atoms with van der Waals surface area (Å²) in [5, 5.41) is 2.88. The molecule has 2 nitrogen and oxygen atoms in total. The van der Waals surface area contributed by atoms with Crippen LogP contribution in [0.15, 0.2) is 60.7 Å². The third kappa shape index (κ3) is 4.67. The highest BCUT2D eigenvalue weighted by atomic mass is 32.1. The van der Waals surface area contributed by atoms with E-state index in [-0.39, 0.29) is 39.3 Å². The van der Waals surface area contributed by atoms with Gasteiger partial charge in [0.05, 0.1) is 10.5 Å². The fourth-order valence-corrected chi connectivity index (χ4v) is 13.2. The van der Waals surface area contributed by atoms with Crippen LogP contribution >= 0.6 is 11.3 Å². The average molecular weight is 745 g/mol. The van der Waals surface area contributed by atoms with E-state index in [0.717, 1.165) is 0 Å². The molecule has 2 aliphatic carbocycles. The fourth-order valence-electron chi connectivity index (χ4n) is 11.9. The highest BCUT2D eigenvalue weighted by Gasteiger charge is 2.62. The van der Waals surface area contributed by atoms with Crippen molar-refractivity contribution < 1.29 is 0 Å². The molecule has 284 valence electrons. The van der Waals surface area contributed by atoms with Gasteiger partial charge in [-0.1, -0.05) is 113 Å². The molecule has 0 saturated heterocycles. The number of anilines is 5. The van der Waals surface area contributed by atoms with E-state index in [0.29, 0.717) is 0 Å². The van der Waals surface area contributed by atoms with Crippen LogP contribution in [0.1, 0.15) is 155 Å². The molecule has 1 aromatic heterocycles. The molecule has 0 bridgehead atoms. The Hall–Kier alpha value is -3.50. The molecular formula is C51H61BN2S. The lowest BCUT2D eigenvalue weighted by Crippen LogP contribution is -2.64. The van der Waals surface area contributed by atoms with Crippen molar-refractivity contribution in [3.05, 3.63) is 94.0 Å². The number of benzene rings is 4. The standard InChI is InChI=1S/C51H61BN2S/c1-30-24-39-43-40(25-30)54-44-37(50(12)20-14-15-21-51(50,54)13)26-32(47(5,6)7)27-38(44)52(43)42-34-28-35-36(49(10,11)23-22-48(35,8)9)29-41(34)55-45(42)53(39)33-18-16-31(17-19-33)46(2,3)4/h16-19,24-29H,14-15,20-23H2,1-13H3. The monoisotopic (exact) mass is 744 g/mol. The van der Waals surface area contributed by atoms with E-state index < -0.39 is 0 Å². The summed E-state index contributed by atoms with van der Waals surface area (Å²) in [6, 6.07) is 25.3. The molecule has 0 radical (unpaired) electrons. The zero-order valence-electron chi connectivity index (χ0n) is 35.9. The minimum Gasteiger partial charge on any atom is -0.335 e. The van der Waals surface area contributed by atoms with E-state index in [9.17, 15) is 0 Å². The second-order valence-corrected chi connectivity index (χ2v) is 23.2. The molecule has 4 heteroatoms. The van der Waals surface area contributed by atoms with E-state index >= 15 is 0 Å². The van der Waals surface area contributed by atoms with E-state index in [1.807, 2.05) is 11.3 Å². The van der Waals surface area contributed by atoms with Gasteiger partial charge in [0, 0.05) is 32.9 Å². The van der Waals surface area contributed by atoms with E-state index in [1.54, 1.807) is 16.7 Å². The summed E-state index contributed by atoms with van der Waals surface area (Å²) in [5.41, 5.74) is 19.6. The van der Waals surface area contributed by atoms with Gasteiger partial charge in [0.15, 0.2) is 0 Å². The van der Waals surface area contributed by atoms with Crippen LogP contribution in [0.4, 0.5) is 27.8 Å². The first-order valence-corrected chi connectivity index (χ1v) is 22.1. The predicted molar refractivity (Wildman–Crippen MR) is 241 cm³/mol. The molecule has 4 heterocycles. The normalized spacial score (nSPS) is 24.3. The Morgan fingerprint density at radius 2 is 1.25 bits per heavy atom. The highest BCUT2D eigenvalue weighted by molar-refractivity contribution is 7.26. The lowest BCUT2D eigenvalue weighted by atomic mass is 9.33. The summed E-state index contributed by atoms with van der Waals surface area (Å²) in [6.07, 6.45) is 7.51. The summed E-state index contributed by atoms with van der Waals surface area (Å²) >= 11 is 2.04. The van der Waals surface area contributed by atoms with Crippen LogP contribution in [0.2, 0.25) is 0 Å². The molecule has 55 heavy (non-hydrogen) atoms. The van der Waals surface area contributed by atoms with E-state index in [1.165, 1.54) is 109 Å². The van der Waals surface area contributed by atoms with Gasteiger partial charge in [0.25, 0.3) is 6.71 Å².